The zero-order valence-corrected chi connectivity index (χ0v) is 19.9. The van der Waals surface area contributed by atoms with Gasteiger partial charge in [0.2, 0.25) is 15.9 Å². The van der Waals surface area contributed by atoms with Crippen LogP contribution in [0, 0.1) is 17.2 Å². The van der Waals surface area contributed by atoms with Crippen molar-refractivity contribution in [2.24, 2.45) is 5.92 Å². The number of piperidine rings is 1. The van der Waals surface area contributed by atoms with Crippen LogP contribution in [0.3, 0.4) is 0 Å². The van der Waals surface area contributed by atoms with Gasteiger partial charge in [0.1, 0.15) is 6.07 Å². The van der Waals surface area contributed by atoms with Gasteiger partial charge in [-0.2, -0.15) is 9.57 Å². The molecule has 0 aliphatic carbocycles. The Bertz CT molecular complexity index is 1130. The minimum absolute atomic E-state index is 0.0231. The highest BCUT2D eigenvalue weighted by Gasteiger charge is 2.33. The van der Waals surface area contributed by atoms with Crippen LogP contribution in [0.2, 0.25) is 0 Å². The highest BCUT2D eigenvalue weighted by atomic mass is 32.2. The lowest BCUT2D eigenvalue weighted by Crippen LogP contribution is -2.49. The summed E-state index contributed by atoms with van der Waals surface area (Å²) in [6, 6.07) is 18.5. The van der Waals surface area contributed by atoms with Gasteiger partial charge < -0.3 is 10.1 Å². The summed E-state index contributed by atoms with van der Waals surface area (Å²) in [5.41, 5.74) is 1.39. The smallest absolute Gasteiger partial charge is 0.244 e. The molecule has 2 fully saturated rings. The summed E-state index contributed by atoms with van der Waals surface area (Å²) >= 11 is 0. The normalized spacial score (nSPS) is 20.5. The number of sulfonamides is 1. The zero-order valence-electron chi connectivity index (χ0n) is 19.1. The Balaban J connectivity index is 1.25. The van der Waals surface area contributed by atoms with Crippen LogP contribution in [0.5, 0.6) is 0 Å². The van der Waals surface area contributed by atoms with Crippen LogP contribution in [0.1, 0.15) is 24.0 Å². The first kappa shape index (κ1) is 24.4. The first-order chi connectivity index (χ1) is 16.5. The Morgan fingerprint density at radius 1 is 1.06 bits per heavy atom. The number of morpholine rings is 1. The maximum atomic E-state index is 13.0. The maximum Gasteiger partial charge on any atom is 0.244 e. The third-order valence-electron chi connectivity index (χ3n) is 6.43. The molecule has 2 aliphatic heterocycles. The van der Waals surface area contributed by atoms with Crippen molar-refractivity contribution in [3.05, 3.63) is 65.7 Å². The number of benzene rings is 2. The molecule has 0 spiro atoms. The molecule has 2 saturated heterocycles. The van der Waals surface area contributed by atoms with Crippen LogP contribution in [-0.4, -0.2) is 69.0 Å². The Morgan fingerprint density at radius 2 is 1.76 bits per heavy atom. The van der Waals surface area contributed by atoms with Crippen LogP contribution in [-0.2, 0) is 26.1 Å². The minimum atomic E-state index is -3.76. The average molecular weight is 483 g/mol. The van der Waals surface area contributed by atoms with Gasteiger partial charge in [0.05, 0.1) is 23.2 Å². The number of carbonyl (C=O) groups excluding carboxylic acids is 1. The number of hydrogen-bond acceptors (Lipinski definition) is 6. The molecule has 0 unspecified atom stereocenters. The van der Waals surface area contributed by atoms with E-state index in [2.05, 4.69) is 22.3 Å². The minimum Gasteiger partial charge on any atom is -0.374 e. The first-order valence-electron chi connectivity index (χ1n) is 11.6. The summed E-state index contributed by atoms with van der Waals surface area (Å²) in [4.78, 5) is 15.1. The SMILES string of the molecule is N#Cc1ccccc1S(=O)(=O)N1CCC(C(=O)NC[C@@H]2CN(Cc3ccccc3)CCO2)CC1. The van der Waals surface area contributed by atoms with Crippen molar-refractivity contribution in [1.82, 2.24) is 14.5 Å². The van der Waals surface area contributed by atoms with Gasteiger partial charge in [0.15, 0.2) is 0 Å². The number of hydrogen-bond donors (Lipinski definition) is 1. The van der Waals surface area contributed by atoms with E-state index in [0.717, 1.165) is 19.6 Å². The van der Waals surface area contributed by atoms with Crippen LogP contribution in [0.25, 0.3) is 0 Å². The third kappa shape index (κ3) is 5.83. The monoisotopic (exact) mass is 482 g/mol. The van der Waals surface area contributed by atoms with Crippen molar-refractivity contribution >= 4 is 15.9 Å². The number of ether oxygens (including phenoxy) is 1. The Kier molecular flexibility index (Phi) is 7.95. The predicted octanol–water partition coefficient (Wildman–Crippen LogP) is 1.98. The molecular weight excluding hydrogens is 452 g/mol. The molecule has 34 heavy (non-hydrogen) atoms. The molecule has 2 heterocycles. The lowest BCUT2D eigenvalue weighted by Gasteiger charge is -2.34. The molecule has 1 atom stereocenters. The summed E-state index contributed by atoms with van der Waals surface area (Å²) in [6.07, 6.45) is 0.834. The molecule has 0 bridgehead atoms. The molecule has 1 amide bonds. The standard InChI is InChI=1S/C25H30N4O4S/c26-16-22-8-4-5-9-24(22)34(31,32)29-12-10-21(11-13-29)25(30)27-17-23-19-28(14-15-33-23)18-20-6-2-1-3-7-20/h1-9,21,23H,10-15,17-19H2,(H,27,30)/t23-/m1/s1. The molecule has 0 radical (unpaired) electrons. The highest BCUT2D eigenvalue weighted by Crippen LogP contribution is 2.25. The van der Waals surface area contributed by atoms with E-state index in [1.807, 2.05) is 24.3 Å². The van der Waals surface area contributed by atoms with Crippen LogP contribution < -0.4 is 5.32 Å². The molecule has 4 rings (SSSR count). The first-order valence-corrected chi connectivity index (χ1v) is 13.1. The van der Waals surface area contributed by atoms with E-state index in [4.69, 9.17) is 4.74 Å². The molecule has 8 nitrogen and oxygen atoms in total. The Labute approximate surface area is 201 Å². The van der Waals surface area contributed by atoms with Crippen molar-refractivity contribution in [1.29, 1.82) is 5.26 Å². The van der Waals surface area contributed by atoms with Crippen molar-refractivity contribution in [2.45, 2.75) is 30.4 Å². The average Bonchev–Trinajstić information content (AvgIpc) is 2.88. The highest BCUT2D eigenvalue weighted by molar-refractivity contribution is 7.89. The van der Waals surface area contributed by atoms with Gasteiger partial charge in [0.25, 0.3) is 0 Å². The molecule has 2 aliphatic rings. The number of amides is 1. The van der Waals surface area contributed by atoms with E-state index in [-0.39, 0.29) is 41.5 Å². The summed E-state index contributed by atoms with van der Waals surface area (Å²) in [6.45, 7) is 4.06. The number of nitriles is 1. The van der Waals surface area contributed by atoms with Gasteiger partial charge in [-0.3, -0.25) is 9.69 Å². The number of carbonyl (C=O) groups is 1. The molecule has 0 aromatic heterocycles. The van der Waals surface area contributed by atoms with E-state index in [1.54, 1.807) is 12.1 Å². The Morgan fingerprint density at radius 3 is 2.50 bits per heavy atom. The fraction of sp³-hybridized carbons (Fsp3) is 0.440. The van der Waals surface area contributed by atoms with Crippen LogP contribution >= 0.6 is 0 Å². The third-order valence-corrected chi connectivity index (χ3v) is 8.38. The van der Waals surface area contributed by atoms with Gasteiger partial charge in [0, 0.05) is 45.2 Å². The fourth-order valence-electron chi connectivity index (χ4n) is 4.53. The van der Waals surface area contributed by atoms with E-state index < -0.39 is 10.0 Å². The fourth-order valence-corrected chi connectivity index (χ4v) is 6.14. The van der Waals surface area contributed by atoms with E-state index in [0.29, 0.717) is 26.0 Å². The molecule has 180 valence electrons. The molecule has 1 N–H and O–H groups in total. The van der Waals surface area contributed by atoms with E-state index in [9.17, 15) is 18.5 Å². The lowest BCUT2D eigenvalue weighted by molar-refractivity contribution is -0.127. The molecule has 9 heteroatoms. The van der Waals surface area contributed by atoms with Gasteiger partial charge in [-0.15, -0.1) is 0 Å². The topological polar surface area (TPSA) is 103 Å². The Hall–Kier alpha value is -2.77. The second-order valence-corrected chi connectivity index (χ2v) is 10.7. The quantitative estimate of drug-likeness (QED) is 0.647. The van der Waals surface area contributed by atoms with Gasteiger partial charge >= 0.3 is 0 Å². The molecule has 0 saturated carbocycles. The van der Waals surface area contributed by atoms with Crippen molar-refractivity contribution in [3.63, 3.8) is 0 Å². The molecule has 2 aromatic rings. The van der Waals surface area contributed by atoms with Crippen molar-refractivity contribution in [2.75, 3.05) is 39.3 Å². The van der Waals surface area contributed by atoms with Crippen molar-refractivity contribution < 1.29 is 17.9 Å². The summed E-state index contributed by atoms with van der Waals surface area (Å²) in [5.74, 6) is -0.292. The predicted molar refractivity (Wildman–Crippen MR) is 127 cm³/mol. The zero-order chi connectivity index (χ0) is 24.0. The van der Waals surface area contributed by atoms with Gasteiger partial charge in [-0.1, -0.05) is 42.5 Å². The van der Waals surface area contributed by atoms with E-state index >= 15 is 0 Å². The summed E-state index contributed by atoms with van der Waals surface area (Å²) in [5, 5.41) is 12.3. The van der Waals surface area contributed by atoms with Crippen LogP contribution in [0.15, 0.2) is 59.5 Å². The summed E-state index contributed by atoms with van der Waals surface area (Å²) in [7, 11) is -3.76. The number of nitrogens with one attached hydrogen (secondary N) is 1. The van der Waals surface area contributed by atoms with Crippen LogP contribution in [0.4, 0.5) is 0 Å². The second-order valence-electron chi connectivity index (χ2n) is 8.74. The van der Waals surface area contributed by atoms with E-state index in [1.165, 1.54) is 22.0 Å². The van der Waals surface area contributed by atoms with Gasteiger partial charge in [-0.25, -0.2) is 8.42 Å². The molecular formula is C25H30N4O4S. The second kappa shape index (κ2) is 11.1. The summed E-state index contributed by atoms with van der Waals surface area (Å²) < 4.78 is 33.2. The maximum absolute atomic E-state index is 13.0. The number of nitrogens with zero attached hydrogens (tertiary/aromatic N) is 3. The van der Waals surface area contributed by atoms with Crippen molar-refractivity contribution in [3.8, 4) is 6.07 Å². The largest absolute Gasteiger partial charge is 0.374 e. The molecule has 2 aromatic carbocycles. The lowest BCUT2D eigenvalue weighted by atomic mass is 9.97. The van der Waals surface area contributed by atoms with Gasteiger partial charge in [-0.05, 0) is 30.5 Å². The number of rotatable bonds is 7.